The smallest absolute Gasteiger partial charge is 0.0675 e. The second-order valence-corrected chi connectivity index (χ2v) is 14.4. The first-order valence-corrected chi connectivity index (χ1v) is 13.7. The number of benzene rings is 3. The Labute approximate surface area is 161 Å². The van der Waals surface area contributed by atoms with E-state index in [1.54, 1.807) is 5.19 Å². The number of hydrogen-bond acceptors (Lipinski definition) is 0. The average molecular weight is 377 g/mol. The Morgan fingerprint density at radius 3 is 1.50 bits per heavy atom. The van der Waals surface area contributed by atoms with E-state index in [4.69, 9.17) is 0 Å². The molecule has 0 aliphatic rings. The van der Waals surface area contributed by atoms with Crippen molar-refractivity contribution in [1.29, 1.82) is 0 Å². The van der Waals surface area contributed by atoms with Crippen LogP contribution in [0.25, 0.3) is 0 Å². The van der Waals surface area contributed by atoms with Crippen LogP contribution in [-0.4, -0.2) is 8.07 Å². The largest absolute Gasteiger partial charge is 0.0859 e. The fourth-order valence-electron chi connectivity index (χ4n) is 3.94. The number of rotatable bonds is 7. The molecule has 3 rings (SSSR count). The quantitative estimate of drug-likeness (QED) is 0.395. The lowest BCUT2D eigenvalue weighted by Gasteiger charge is -2.30. The average Bonchev–Trinajstić information content (AvgIpc) is 2.72. The van der Waals surface area contributed by atoms with Gasteiger partial charge in [0.1, 0.15) is 0 Å². The first-order chi connectivity index (χ1) is 12.7. The Balaban J connectivity index is 2.13. The van der Waals surface area contributed by atoms with Crippen molar-refractivity contribution < 1.29 is 0 Å². The van der Waals surface area contributed by atoms with Gasteiger partial charge in [-0.3, -0.25) is 0 Å². The molecule has 0 saturated heterocycles. The Hall–Kier alpha value is -1.69. The Morgan fingerprint density at radius 1 is 0.577 bits per heavy atom. The van der Waals surface area contributed by atoms with Crippen molar-refractivity contribution in [3.8, 4) is 0 Å². The lowest BCUT2D eigenvalue weighted by atomic mass is 10.3. The van der Waals surface area contributed by atoms with Gasteiger partial charge in [-0.1, -0.05) is 129 Å². The summed E-state index contributed by atoms with van der Waals surface area (Å²) in [5, 5.41) is 5.99. The highest BCUT2D eigenvalue weighted by Gasteiger charge is 2.29. The van der Waals surface area contributed by atoms with Gasteiger partial charge in [-0.25, -0.2) is 0 Å². The van der Waals surface area contributed by atoms with Crippen LogP contribution in [0.15, 0.2) is 84.9 Å². The minimum absolute atomic E-state index is 0.502. The van der Waals surface area contributed by atoms with Gasteiger partial charge in [-0.2, -0.15) is 0 Å². The molecule has 0 aliphatic heterocycles. The van der Waals surface area contributed by atoms with Crippen molar-refractivity contribution in [3.63, 3.8) is 0 Å². The standard InChI is InChI=1S/C24H29PSi/c1-4-26(5-2,6-3)24-19-13-18-23(20-24)25(21-14-9-7-10-15-21)22-16-11-8-12-17-22/h7-20H,4-6H2,1-3H3. The van der Waals surface area contributed by atoms with Crippen LogP contribution in [-0.2, 0) is 0 Å². The lowest BCUT2D eigenvalue weighted by molar-refractivity contribution is 1.19. The van der Waals surface area contributed by atoms with Crippen LogP contribution in [0, 0.1) is 0 Å². The van der Waals surface area contributed by atoms with Gasteiger partial charge in [0.15, 0.2) is 0 Å². The van der Waals surface area contributed by atoms with E-state index in [0.29, 0.717) is 0 Å². The molecule has 0 N–H and O–H groups in total. The van der Waals surface area contributed by atoms with Crippen LogP contribution in [0.5, 0.6) is 0 Å². The van der Waals surface area contributed by atoms with E-state index in [-0.39, 0.29) is 0 Å². The molecule has 3 aromatic carbocycles. The SMILES string of the molecule is CC[Si](CC)(CC)c1cccc(P(c2ccccc2)c2ccccc2)c1. The molecular formula is C24H29PSi. The van der Waals surface area contributed by atoms with Crippen LogP contribution < -0.4 is 21.1 Å². The van der Waals surface area contributed by atoms with Gasteiger partial charge >= 0.3 is 0 Å². The predicted molar refractivity (Wildman–Crippen MR) is 122 cm³/mol. The van der Waals surface area contributed by atoms with Crippen LogP contribution in [0.2, 0.25) is 18.1 Å². The summed E-state index contributed by atoms with van der Waals surface area (Å²) in [4.78, 5) is 0. The molecule has 0 heterocycles. The predicted octanol–water partition coefficient (Wildman–Crippen LogP) is 5.16. The number of hydrogen-bond donors (Lipinski definition) is 0. The molecule has 26 heavy (non-hydrogen) atoms. The minimum atomic E-state index is -1.36. The van der Waals surface area contributed by atoms with E-state index in [9.17, 15) is 0 Å². The van der Waals surface area contributed by atoms with Crippen molar-refractivity contribution in [2.75, 3.05) is 0 Å². The van der Waals surface area contributed by atoms with Gasteiger partial charge in [0.25, 0.3) is 0 Å². The van der Waals surface area contributed by atoms with Crippen molar-refractivity contribution in [2.24, 2.45) is 0 Å². The van der Waals surface area contributed by atoms with Gasteiger partial charge in [0.2, 0.25) is 0 Å². The van der Waals surface area contributed by atoms with Crippen molar-refractivity contribution in [2.45, 2.75) is 38.9 Å². The molecule has 2 heteroatoms. The molecule has 0 unspecified atom stereocenters. The molecule has 0 spiro atoms. The van der Waals surface area contributed by atoms with Crippen molar-refractivity contribution in [1.82, 2.24) is 0 Å². The first kappa shape index (κ1) is 19.1. The zero-order valence-electron chi connectivity index (χ0n) is 16.2. The molecule has 0 atom stereocenters. The normalized spacial score (nSPS) is 11.7. The molecule has 0 nitrogen and oxygen atoms in total. The third-order valence-corrected chi connectivity index (χ3v) is 13.8. The topological polar surface area (TPSA) is 0 Å². The maximum atomic E-state index is 2.55. The summed E-state index contributed by atoms with van der Waals surface area (Å²) in [6.45, 7) is 7.18. The Morgan fingerprint density at radius 2 is 1.04 bits per heavy atom. The van der Waals surface area contributed by atoms with Gasteiger partial charge < -0.3 is 0 Å². The summed E-state index contributed by atoms with van der Waals surface area (Å²) in [5.74, 6) is 0. The first-order valence-electron chi connectivity index (χ1n) is 9.75. The molecule has 0 saturated carbocycles. The maximum Gasteiger partial charge on any atom is 0.0859 e. The van der Waals surface area contributed by atoms with E-state index in [1.807, 2.05) is 0 Å². The molecule has 0 radical (unpaired) electrons. The molecule has 0 fully saturated rings. The highest BCUT2D eigenvalue weighted by Crippen LogP contribution is 2.32. The molecule has 0 aliphatic carbocycles. The summed E-state index contributed by atoms with van der Waals surface area (Å²) >= 11 is 0. The summed E-state index contributed by atoms with van der Waals surface area (Å²) in [5.41, 5.74) is 0. The highest BCUT2D eigenvalue weighted by molar-refractivity contribution is 7.79. The zero-order valence-corrected chi connectivity index (χ0v) is 18.0. The Bertz CT molecular complexity index is 762. The third-order valence-electron chi connectivity index (χ3n) is 5.78. The molecule has 0 aromatic heterocycles. The summed E-state index contributed by atoms with van der Waals surface area (Å²) in [6.07, 6.45) is 0. The van der Waals surface area contributed by atoms with E-state index < -0.39 is 16.0 Å². The fraction of sp³-hybridized carbons (Fsp3) is 0.250. The van der Waals surface area contributed by atoms with Gasteiger partial charge in [-0.15, -0.1) is 0 Å². The van der Waals surface area contributed by atoms with E-state index in [1.165, 1.54) is 34.0 Å². The fourth-order valence-corrected chi connectivity index (χ4v) is 10.0. The van der Waals surface area contributed by atoms with Crippen LogP contribution >= 0.6 is 7.92 Å². The van der Waals surface area contributed by atoms with Crippen LogP contribution in [0.1, 0.15) is 20.8 Å². The van der Waals surface area contributed by atoms with Gasteiger partial charge in [0, 0.05) is 0 Å². The van der Waals surface area contributed by atoms with Crippen LogP contribution in [0.3, 0.4) is 0 Å². The highest BCUT2D eigenvalue weighted by atomic mass is 31.1. The second kappa shape index (κ2) is 8.80. The summed E-state index contributed by atoms with van der Waals surface area (Å²) < 4.78 is 0. The monoisotopic (exact) mass is 376 g/mol. The molecule has 0 amide bonds. The molecule has 0 bridgehead atoms. The third kappa shape index (κ3) is 3.85. The van der Waals surface area contributed by atoms with Crippen molar-refractivity contribution in [3.05, 3.63) is 84.9 Å². The molecule has 134 valence electrons. The minimum Gasteiger partial charge on any atom is -0.0675 e. The van der Waals surface area contributed by atoms with E-state index in [0.717, 1.165) is 0 Å². The van der Waals surface area contributed by atoms with Gasteiger partial charge in [0.05, 0.1) is 8.07 Å². The molecule has 3 aromatic rings. The Kier molecular flexibility index (Phi) is 6.46. The van der Waals surface area contributed by atoms with Gasteiger partial charge in [-0.05, 0) is 23.8 Å². The lowest BCUT2D eigenvalue weighted by Crippen LogP contribution is -2.46. The maximum absolute atomic E-state index is 2.55. The molecular weight excluding hydrogens is 347 g/mol. The second-order valence-electron chi connectivity index (χ2n) is 6.90. The van der Waals surface area contributed by atoms with E-state index in [2.05, 4.69) is 106 Å². The summed E-state index contributed by atoms with van der Waals surface area (Å²) in [7, 11) is -1.86. The summed E-state index contributed by atoms with van der Waals surface area (Å²) in [6, 6.07) is 35.6. The van der Waals surface area contributed by atoms with E-state index >= 15 is 0 Å². The zero-order chi connectivity index (χ0) is 18.4. The van der Waals surface area contributed by atoms with Crippen molar-refractivity contribution >= 4 is 37.1 Å². The van der Waals surface area contributed by atoms with Crippen LogP contribution in [0.4, 0.5) is 0 Å².